The molecule has 4 rings (SSSR count). The van der Waals surface area contributed by atoms with Crippen LogP contribution in [0.2, 0.25) is 0 Å². The number of nitrogens with zero attached hydrogens (tertiary/aromatic N) is 1. The number of amides is 3. The Bertz CT molecular complexity index is 933. The second kappa shape index (κ2) is 7.46. The lowest BCUT2D eigenvalue weighted by atomic mass is 10.1. The SMILES string of the molecule is Cc1cc(NC(=O)c2ccc(NC(=O)C3CC3)cc2)ccc1N1CCCC1=O. The van der Waals surface area contributed by atoms with E-state index < -0.39 is 0 Å². The summed E-state index contributed by atoms with van der Waals surface area (Å²) < 4.78 is 0. The maximum atomic E-state index is 12.5. The third-order valence-electron chi connectivity index (χ3n) is 5.18. The molecule has 3 amide bonds. The molecule has 0 radical (unpaired) electrons. The second-order valence-electron chi connectivity index (χ2n) is 7.45. The number of aryl methyl sites for hydroxylation is 1. The zero-order valence-corrected chi connectivity index (χ0v) is 15.8. The van der Waals surface area contributed by atoms with Crippen molar-refractivity contribution in [3.05, 3.63) is 53.6 Å². The van der Waals surface area contributed by atoms with E-state index in [1.54, 1.807) is 29.2 Å². The zero-order chi connectivity index (χ0) is 19.7. The quantitative estimate of drug-likeness (QED) is 0.833. The van der Waals surface area contributed by atoms with Crippen LogP contribution >= 0.6 is 0 Å². The summed E-state index contributed by atoms with van der Waals surface area (Å²) >= 11 is 0. The van der Waals surface area contributed by atoms with Gasteiger partial charge in [-0.3, -0.25) is 14.4 Å². The van der Waals surface area contributed by atoms with Crippen LogP contribution in [0, 0.1) is 12.8 Å². The maximum Gasteiger partial charge on any atom is 0.255 e. The van der Waals surface area contributed by atoms with E-state index in [0.717, 1.165) is 37.1 Å². The van der Waals surface area contributed by atoms with Gasteiger partial charge in [-0.1, -0.05) is 0 Å². The molecule has 2 aromatic rings. The minimum Gasteiger partial charge on any atom is -0.326 e. The summed E-state index contributed by atoms with van der Waals surface area (Å²) in [6.07, 6.45) is 3.38. The topological polar surface area (TPSA) is 78.5 Å². The molecule has 2 fully saturated rings. The molecule has 1 saturated carbocycles. The van der Waals surface area contributed by atoms with Gasteiger partial charge in [0.15, 0.2) is 0 Å². The lowest BCUT2D eigenvalue weighted by molar-refractivity contribution is -0.118. The Morgan fingerprint density at radius 1 is 1.00 bits per heavy atom. The molecule has 1 heterocycles. The Kier molecular flexibility index (Phi) is 4.86. The first-order chi connectivity index (χ1) is 13.5. The molecule has 0 aromatic heterocycles. The van der Waals surface area contributed by atoms with E-state index in [9.17, 15) is 14.4 Å². The summed E-state index contributed by atoms with van der Waals surface area (Å²) in [5.74, 6) is 0.118. The number of anilines is 3. The van der Waals surface area contributed by atoms with E-state index in [1.807, 2.05) is 25.1 Å². The van der Waals surface area contributed by atoms with Crippen molar-refractivity contribution in [1.29, 1.82) is 0 Å². The Labute approximate surface area is 163 Å². The van der Waals surface area contributed by atoms with Crippen LogP contribution in [-0.2, 0) is 9.59 Å². The van der Waals surface area contributed by atoms with E-state index >= 15 is 0 Å². The number of hydrogen-bond acceptors (Lipinski definition) is 3. The number of hydrogen-bond donors (Lipinski definition) is 2. The first-order valence-corrected chi connectivity index (χ1v) is 9.64. The minimum absolute atomic E-state index is 0.0456. The number of carbonyl (C=O) groups is 3. The van der Waals surface area contributed by atoms with E-state index in [2.05, 4.69) is 10.6 Å². The molecular formula is C22H23N3O3. The molecule has 0 spiro atoms. The Balaban J connectivity index is 1.41. The molecule has 1 aliphatic heterocycles. The lowest BCUT2D eigenvalue weighted by Crippen LogP contribution is -2.24. The van der Waals surface area contributed by atoms with Gasteiger partial charge < -0.3 is 15.5 Å². The van der Waals surface area contributed by atoms with Crippen LogP contribution in [-0.4, -0.2) is 24.3 Å². The van der Waals surface area contributed by atoms with Crippen LogP contribution in [0.5, 0.6) is 0 Å². The third-order valence-corrected chi connectivity index (χ3v) is 5.18. The summed E-state index contributed by atoms with van der Waals surface area (Å²) in [7, 11) is 0. The third kappa shape index (κ3) is 3.91. The Morgan fingerprint density at radius 3 is 2.32 bits per heavy atom. The predicted molar refractivity (Wildman–Crippen MR) is 109 cm³/mol. The largest absolute Gasteiger partial charge is 0.326 e. The van der Waals surface area contributed by atoms with E-state index in [-0.39, 0.29) is 23.6 Å². The monoisotopic (exact) mass is 377 g/mol. The fourth-order valence-corrected chi connectivity index (χ4v) is 3.44. The van der Waals surface area contributed by atoms with Crippen LogP contribution in [0.15, 0.2) is 42.5 Å². The van der Waals surface area contributed by atoms with E-state index in [1.165, 1.54) is 0 Å². The molecule has 28 heavy (non-hydrogen) atoms. The molecular weight excluding hydrogens is 354 g/mol. The van der Waals surface area contributed by atoms with Gasteiger partial charge in [-0.05, 0) is 74.2 Å². The highest BCUT2D eigenvalue weighted by atomic mass is 16.2. The molecule has 0 atom stereocenters. The first kappa shape index (κ1) is 18.2. The highest BCUT2D eigenvalue weighted by Crippen LogP contribution is 2.30. The van der Waals surface area contributed by atoms with Crippen molar-refractivity contribution in [3.63, 3.8) is 0 Å². The Morgan fingerprint density at radius 2 is 1.71 bits per heavy atom. The molecule has 2 aliphatic rings. The van der Waals surface area contributed by atoms with Gasteiger partial charge in [-0.25, -0.2) is 0 Å². The fraction of sp³-hybridized carbons (Fsp3) is 0.318. The standard InChI is InChI=1S/C22H23N3O3/c1-14-13-18(10-11-19(14)25-12-2-3-20(25)26)24-22(28)16-6-8-17(9-7-16)23-21(27)15-4-5-15/h6-11,13,15H,2-5,12H2,1H3,(H,23,27)(H,24,28). The zero-order valence-electron chi connectivity index (χ0n) is 15.8. The summed E-state index contributed by atoms with van der Waals surface area (Å²) in [6.45, 7) is 2.68. The van der Waals surface area contributed by atoms with Gasteiger partial charge in [0.2, 0.25) is 11.8 Å². The van der Waals surface area contributed by atoms with Crippen molar-refractivity contribution in [2.75, 3.05) is 22.1 Å². The van der Waals surface area contributed by atoms with Crippen molar-refractivity contribution in [2.45, 2.75) is 32.6 Å². The first-order valence-electron chi connectivity index (χ1n) is 9.64. The normalized spacial score (nSPS) is 16.2. The Hall–Kier alpha value is -3.15. The van der Waals surface area contributed by atoms with Gasteiger partial charge in [-0.2, -0.15) is 0 Å². The van der Waals surface area contributed by atoms with Gasteiger partial charge in [-0.15, -0.1) is 0 Å². The van der Waals surface area contributed by atoms with Crippen LogP contribution < -0.4 is 15.5 Å². The van der Waals surface area contributed by atoms with Crippen molar-refractivity contribution < 1.29 is 14.4 Å². The maximum absolute atomic E-state index is 12.5. The van der Waals surface area contributed by atoms with Crippen LogP contribution in [0.1, 0.15) is 41.6 Å². The number of carbonyl (C=O) groups excluding carboxylic acids is 3. The van der Waals surface area contributed by atoms with Crippen molar-refractivity contribution in [2.24, 2.45) is 5.92 Å². The summed E-state index contributed by atoms with van der Waals surface area (Å²) in [6, 6.07) is 12.4. The molecule has 6 nitrogen and oxygen atoms in total. The highest BCUT2D eigenvalue weighted by molar-refractivity contribution is 6.05. The second-order valence-corrected chi connectivity index (χ2v) is 7.45. The highest BCUT2D eigenvalue weighted by Gasteiger charge is 2.29. The molecule has 2 N–H and O–H groups in total. The van der Waals surface area contributed by atoms with Crippen molar-refractivity contribution >= 4 is 34.8 Å². The minimum atomic E-state index is -0.218. The van der Waals surface area contributed by atoms with E-state index in [4.69, 9.17) is 0 Å². The smallest absolute Gasteiger partial charge is 0.255 e. The average molecular weight is 377 g/mol. The molecule has 0 bridgehead atoms. The number of rotatable bonds is 5. The average Bonchev–Trinajstić information content (AvgIpc) is 3.45. The summed E-state index contributed by atoms with van der Waals surface area (Å²) in [5.41, 5.74) is 3.75. The number of nitrogens with one attached hydrogen (secondary N) is 2. The molecule has 1 saturated heterocycles. The van der Waals surface area contributed by atoms with Gasteiger partial charge in [0.25, 0.3) is 5.91 Å². The molecule has 144 valence electrons. The van der Waals surface area contributed by atoms with Crippen LogP contribution in [0.4, 0.5) is 17.1 Å². The van der Waals surface area contributed by atoms with Crippen molar-refractivity contribution in [3.8, 4) is 0 Å². The molecule has 1 aliphatic carbocycles. The number of benzene rings is 2. The molecule has 0 unspecified atom stereocenters. The van der Waals surface area contributed by atoms with Gasteiger partial charge in [0.1, 0.15) is 0 Å². The van der Waals surface area contributed by atoms with Gasteiger partial charge >= 0.3 is 0 Å². The van der Waals surface area contributed by atoms with E-state index in [0.29, 0.717) is 23.4 Å². The fourth-order valence-electron chi connectivity index (χ4n) is 3.44. The van der Waals surface area contributed by atoms with Crippen LogP contribution in [0.25, 0.3) is 0 Å². The van der Waals surface area contributed by atoms with Crippen LogP contribution in [0.3, 0.4) is 0 Å². The predicted octanol–water partition coefficient (Wildman–Crippen LogP) is 3.72. The molecule has 2 aromatic carbocycles. The van der Waals surface area contributed by atoms with Gasteiger partial charge in [0, 0.05) is 41.5 Å². The molecule has 6 heteroatoms. The lowest BCUT2D eigenvalue weighted by Gasteiger charge is -2.19. The summed E-state index contributed by atoms with van der Waals surface area (Å²) in [4.78, 5) is 38.0. The summed E-state index contributed by atoms with van der Waals surface area (Å²) in [5, 5.41) is 5.75. The van der Waals surface area contributed by atoms with Gasteiger partial charge in [0.05, 0.1) is 0 Å². The van der Waals surface area contributed by atoms with Crippen molar-refractivity contribution in [1.82, 2.24) is 0 Å².